The lowest BCUT2D eigenvalue weighted by Gasteiger charge is -2.26. The van der Waals surface area contributed by atoms with Gasteiger partial charge >= 0.3 is 23.9 Å². The van der Waals surface area contributed by atoms with Crippen molar-refractivity contribution in [3.63, 3.8) is 0 Å². The van der Waals surface area contributed by atoms with Crippen LogP contribution in [-0.2, 0) is 38.1 Å². The first-order valence-corrected chi connectivity index (χ1v) is 8.34. The van der Waals surface area contributed by atoms with Gasteiger partial charge in [0.15, 0.2) is 0 Å². The van der Waals surface area contributed by atoms with Crippen LogP contribution >= 0.6 is 0 Å². The van der Waals surface area contributed by atoms with Crippen molar-refractivity contribution in [2.75, 3.05) is 14.2 Å². The van der Waals surface area contributed by atoms with Crippen LogP contribution in [0.1, 0.15) is 39.5 Å². The maximum absolute atomic E-state index is 11.0. The molecule has 0 aromatic heterocycles. The summed E-state index contributed by atoms with van der Waals surface area (Å²) in [6.45, 7) is 4.03. The van der Waals surface area contributed by atoms with E-state index in [1.807, 2.05) is 19.9 Å². The number of allylic oxidation sites excluding steroid dienone is 1. The van der Waals surface area contributed by atoms with E-state index >= 15 is 0 Å². The lowest BCUT2D eigenvalue weighted by molar-refractivity contribution is -0.162. The number of esters is 4. The Morgan fingerprint density at radius 2 is 1.46 bits per heavy atom. The van der Waals surface area contributed by atoms with E-state index in [1.54, 1.807) is 0 Å². The van der Waals surface area contributed by atoms with E-state index in [0.29, 0.717) is 5.76 Å². The Kier molecular flexibility index (Phi) is 8.54. The van der Waals surface area contributed by atoms with E-state index in [0.717, 1.165) is 18.6 Å². The summed E-state index contributed by atoms with van der Waals surface area (Å²) in [6, 6.07) is 0. The Morgan fingerprint density at radius 3 is 1.88 bits per heavy atom. The van der Waals surface area contributed by atoms with Crippen molar-refractivity contribution >= 4 is 23.9 Å². The number of rotatable bonds is 6. The molecule has 0 aliphatic carbocycles. The van der Waals surface area contributed by atoms with Crippen LogP contribution < -0.4 is 0 Å². The molecule has 2 fully saturated rings. The number of carbonyl (C=O) groups excluding carboxylic acids is 4. The van der Waals surface area contributed by atoms with Gasteiger partial charge in [-0.1, -0.05) is 13.8 Å². The summed E-state index contributed by atoms with van der Waals surface area (Å²) in [7, 11) is 2.50. The van der Waals surface area contributed by atoms with Crippen molar-refractivity contribution in [2.24, 2.45) is 11.8 Å². The molecule has 2 heterocycles. The molecule has 8 nitrogen and oxygen atoms in total. The maximum Gasteiger partial charge on any atom is 0.322 e. The SMILES string of the molecule is CC/C=C1\OC(=O)[C@H]1CC.COC(=O)C/C=C1\OC(=O)[C@H]1CC(=O)OC. The summed E-state index contributed by atoms with van der Waals surface area (Å²) >= 11 is 0. The van der Waals surface area contributed by atoms with Crippen molar-refractivity contribution in [2.45, 2.75) is 39.5 Å². The Balaban J connectivity index is 0.000000289. The summed E-state index contributed by atoms with van der Waals surface area (Å²) in [5, 5.41) is 0. The highest BCUT2D eigenvalue weighted by atomic mass is 16.6. The molecule has 0 aromatic rings. The second-order valence-corrected chi connectivity index (χ2v) is 5.54. The number of hydrogen-bond donors (Lipinski definition) is 0. The number of ether oxygens (including phenoxy) is 4. The van der Waals surface area contributed by atoms with Gasteiger partial charge in [0.1, 0.15) is 23.4 Å². The summed E-state index contributed by atoms with van der Waals surface area (Å²) < 4.78 is 18.4. The monoisotopic (exact) mass is 368 g/mol. The first kappa shape index (κ1) is 21.4. The number of carbonyl (C=O) groups is 4. The smallest absolute Gasteiger partial charge is 0.322 e. The molecule has 2 aliphatic heterocycles. The van der Waals surface area contributed by atoms with Gasteiger partial charge in [0.2, 0.25) is 0 Å². The third-order valence-electron chi connectivity index (χ3n) is 3.80. The minimum absolute atomic E-state index is 0.0107. The molecule has 0 radical (unpaired) electrons. The molecule has 2 aliphatic rings. The number of hydrogen-bond acceptors (Lipinski definition) is 8. The predicted octanol–water partition coefficient (Wildman–Crippen LogP) is 2.03. The minimum Gasteiger partial charge on any atom is -0.469 e. The van der Waals surface area contributed by atoms with E-state index in [-0.39, 0.29) is 24.7 Å². The Labute approximate surface area is 152 Å². The molecule has 0 N–H and O–H groups in total. The van der Waals surface area contributed by atoms with E-state index in [2.05, 4.69) is 9.47 Å². The van der Waals surface area contributed by atoms with Crippen LogP contribution in [0.25, 0.3) is 0 Å². The van der Waals surface area contributed by atoms with E-state index < -0.39 is 23.8 Å². The Morgan fingerprint density at radius 1 is 0.923 bits per heavy atom. The molecular weight excluding hydrogens is 344 g/mol. The molecule has 0 unspecified atom stereocenters. The molecule has 0 saturated carbocycles. The Hall–Kier alpha value is -2.64. The van der Waals surface area contributed by atoms with Gasteiger partial charge in [0, 0.05) is 0 Å². The van der Waals surface area contributed by atoms with Gasteiger partial charge in [0.25, 0.3) is 0 Å². The standard InChI is InChI=1S/C10H12O6.C8H12O2/c1-14-8(11)4-3-7-6(10(13)16-7)5-9(12)15-2;1-3-5-7-6(4-2)8(9)10-7/h3,6H,4-5H2,1-2H3;5-6H,3-4H2,1-2H3/b7-3-;7-5-/t2*6-/m00/s1. The average Bonchev–Trinajstić information content (AvgIpc) is 2.62. The highest BCUT2D eigenvalue weighted by Crippen LogP contribution is 2.30. The number of cyclic esters (lactones) is 2. The molecule has 0 amide bonds. The predicted molar refractivity (Wildman–Crippen MR) is 89.2 cm³/mol. The molecule has 2 atom stereocenters. The van der Waals surface area contributed by atoms with Crippen LogP contribution in [0.4, 0.5) is 0 Å². The molecule has 0 bridgehead atoms. The van der Waals surface area contributed by atoms with E-state index in [4.69, 9.17) is 9.47 Å². The topological polar surface area (TPSA) is 105 Å². The molecule has 0 spiro atoms. The summed E-state index contributed by atoms with van der Waals surface area (Å²) in [4.78, 5) is 43.5. The highest BCUT2D eigenvalue weighted by molar-refractivity contribution is 5.88. The fraction of sp³-hybridized carbons (Fsp3) is 0.556. The second kappa shape index (κ2) is 10.4. The molecule has 144 valence electrons. The zero-order valence-corrected chi connectivity index (χ0v) is 15.4. The number of methoxy groups -OCH3 is 2. The third kappa shape index (κ3) is 5.72. The molecule has 8 heteroatoms. The van der Waals surface area contributed by atoms with Crippen molar-refractivity contribution in [1.82, 2.24) is 0 Å². The summed E-state index contributed by atoms with van der Waals surface area (Å²) in [6.07, 6.45) is 5.15. The molecule has 26 heavy (non-hydrogen) atoms. The quantitative estimate of drug-likeness (QED) is 0.518. The molecular formula is C18H24O8. The van der Waals surface area contributed by atoms with E-state index in [1.165, 1.54) is 20.3 Å². The van der Waals surface area contributed by atoms with Gasteiger partial charge < -0.3 is 18.9 Å². The van der Waals surface area contributed by atoms with Gasteiger partial charge in [-0.15, -0.1) is 0 Å². The lowest BCUT2D eigenvalue weighted by Crippen LogP contribution is -2.34. The van der Waals surface area contributed by atoms with Gasteiger partial charge in [-0.2, -0.15) is 0 Å². The van der Waals surface area contributed by atoms with Crippen LogP contribution in [-0.4, -0.2) is 38.1 Å². The van der Waals surface area contributed by atoms with Crippen LogP contribution in [0.3, 0.4) is 0 Å². The zero-order chi connectivity index (χ0) is 19.7. The van der Waals surface area contributed by atoms with Crippen LogP contribution in [0.2, 0.25) is 0 Å². The fourth-order valence-electron chi connectivity index (χ4n) is 2.27. The van der Waals surface area contributed by atoms with Gasteiger partial charge in [0.05, 0.1) is 27.1 Å². The summed E-state index contributed by atoms with van der Waals surface area (Å²) in [5.74, 6) is -0.852. The Bertz CT molecular complexity index is 617. The van der Waals surface area contributed by atoms with Crippen molar-refractivity contribution in [3.05, 3.63) is 23.7 Å². The average molecular weight is 368 g/mol. The lowest BCUT2D eigenvalue weighted by atomic mass is 9.97. The van der Waals surface area contributed by atoms with Crippen LogP contribution in [0.5, 0.6) is 0 Å². The largest absolute Gasteiger partial charge is 0.469 e. The molecule has 2 saturated heterocycles. The van der Waals surface area contributed by atoms with Crippen molar-refractivity contribution in [3.8, 4) is 0 Å². The van der Waals surface area contributed by atoms with Crippen molar-refractivity contribution < 1.29 is 38.1 Å². The van der Waals surface area contributed by atoms with Gasteiger partial charge in [-0.05, 0) is 25.0 Å². The van der Waals surface area contributed by atoms with Crippen LogP contribution in [0, 0.1) is 11.8 Å². The maximum atomic E-state index is 11.0. The van der Waals surface area contributed by atoms with Crippen molar-refractivity contribution in [1.29, 1.82) is 0 Å². The normalized spacial score (nSPS) is 23.7. The van der Waals surface area contributed by atoms with Gasteiger partial charge in [-0.25, -0.2) is 0 Å². The third-order valence-corrected chi connectivity index (χ3v) is 3.80. The molecule has 2 rings (SSSR count). The highest BCUT2D eigenvalue weighted by Gasteiger charge is 2.39. The fourth-order valence-corrected chi connectivity index (χ4v) is 2.27. The molecule has 0 aromatic carbocycles. The van der Waals surface area contributed by atoms with Crippen LogP contribution in [0.15, 0.2) is 23.7 Å². The van der Waals surface area contributed by atoms with E-state index in [9.17, 15) is 19.2 Å². The minimum atomic E-state index is -0.628. The summed E-state index contributed by atoms with van der Waals surface area (Å²) in [5.41, 5.74) is 0. The van der Waals surface area contributed by atoms with Gasteiger partial charge in [-0.3, -0.25) is 19.2 Å². The first-order chi connectivity index (χ1) is 12.4. The zero-order valence-electron chi connectivity index (χ0n) is 15.4. The second-order valence-electron chi connectivity index (χ2n) is 5.54. The first-order valence-electron chi connectivity index (χ1n) is 8.34.